The number of hydrogen-bond acceptors (Lipinski definition) is 8. The minimum absolute atomic E-state index is 0.152. The first-order chi connectivity index (χ1) is 22.8. The Balaban J connectivity index is 0.000000254. The van der Waals surface area contributed by atoms with E-state index in [0.29, 0.717) is 31.4 Å². The predicted octanol–water partition coefficient (Wildman–Crippen LogP) is 7.53. The Hall–Kier alpha value is -3.50. The Bertz CT molecular complexity index is 1140. The van der Waals surface area contributed by atoms with Crippen molar-refractivity contribution in [2.75, 3.05) is 52.6 Å². The number of aromatic hydroxyl groups is 1. The fourth-order valence-corrected chi connectivity index (χ4v) is 5.07. The molecule has 0 aromatic heterocycles. The fourth-order valence-electron chi connectivity index (χ4n) is 5.07. The average molecular weight is 673 g/mol. The summed E-state index contributed by atoms with van der Waals surface area (Å²) >= 11 is 0. The van der Waals surface area contributed by atoms with Gasteiger partial charge in [0.1, 0.15) is 22.7 Å². The van der Waals surface area contributed by atoms with E-state index in [2.05, 4.69) is 0 Å². The molecule has 2 atom stereocenters. The van der Waals surface area contributed by atoms with Crippen LogP contribution in [-0.4, -0.2) is 96.0 Å². The van der Waals surface area contributed by atoms with Gasteiger partial charge in [-0.2, -0.15) is 0 Å². The number of carbonyl (C=O) groups is 2. The monoisotopic (exact) mass is 672 g/mol. The van der Waals surface area contributed by atoms with E-state index in [4.69, 9.17) is 29.2 Å². The van der Waals surface area contributed by atoms with Crippen LogP contribution < -0.4 is 4.74 Å². The second kappa shape index (κ2) is 21.5. The highest BCUT2D eigenvalue weighted by molar-refractivity contribution is 5.68. The van der Waals surface area contributed by atoms with Gasteiger partial charge < -0.3 is 39.0 Å². The fraction of sp³-hybridized carbons (Fsp3) is 0.632. The van der Waals surface area contributed by atoms with Gasteiger partial charge in [-0.25, -0.2) is 9.59 Å². The van der Waals surface area contributed by atoms with Crippen molar-refractivity contribution >= 4 is 12.2 Å². The van der Waals surface area contributed by atoms with Crippen LogP contribution in [0.2, 0.25) is 0 Å². The van der Waals surface area contributed by atoms with Gasteiger partial charge in [0, 0.05) is 51.9 Å². The second-order valence-corrected chi connectivity index (χ2v) is 14.3. The molecule has 3 saturated heterocycles. The molecule has 0 saturated carbocycles. The summed E-state index contributed by atoms with van der Waals surface area (Å²) < 4.78 is 21.4. The number of piperidine rings is 2. The molecule has 0 radical (unpaired) electrons. The SMILES string of the molecule is C1CCOC1.CC(C)(C)OC(=O)N1CCCC(CO)C1.CC(C)(C)OC(=O)N1CCCC(COc2ccccc2)C1.Oc1ccccc1. The molecule has 0 aliphatic carbocycles. The van der Waals surface area contributed by atoms with Crippen LogP contribution in [0.15, 0.2) is 60.7 Å². The van der Waals surface area contributed by atoms with E-state index in [1.165, 1.54) is 12.8 Å². The van der Waals surface area contributed by atoms with Gasteiger partial charge in [0.25, 0.3) is 0 Å². The number of aliphatic hydroxyl groups is 1. The van der Waals surface area contributed by atoms with Gasteiger partial charge >= 0.3 is 12.2 Å². The number of hydrogen-bond donors (Lipinski definition) is 2. The summed E-state index contributed by atoms with van der Waals surface area (Å²) in [7, 11) is 0. The van der Waals surface area contributed by atoms with Gasteiger partial charge in [-0.15, -0.1) is 0 Å². The first-order valence-electron chi connectivity index (χ1n) is 17.3. The standard InChI is InChI=1S/C17H25NO3.C11H21NO3.C6H6O.C4H8O/c1-17(2,3)21-16(19)18-11-7-8-14(12-18)13-20-15-9-5-4-6-10-15;1-11(2,3)15-10(14)12-6-4-5-9(7-12)8-13;7-6-4-2-1-3-5-6;1-2-4-5-3-1/h4-6,9-10,14H,7-8,11-13H2,1-3H3;9,13H,4-8H2,1-3H3;1-5,7H;1-4H2. The van der Waals surface area contributed by atoms with Crippen molar-refractivity contribution in [1.29, 1.82) is 0 Å². The molecule has 0 spiro atoms. The predicted molar refractivity (Wildman–Crippen MR) is 188 cm³/mol. The molecular formula is C38H60N2O8. The van der Waals surface area contributed by atoms with Crippen molar-refractivity contribution in [3.8, 4) is 11.5 Å². The molecule has 5 rings (SSSR count). The van der Waals surface area contributed by atoms with E-state index in [-0.39, 0.29) is 24.7 Å². The minimum atomic E-state index is -0.441. The summed E-state index contributed by atoms with van der Waals surface area (Å²) in [5.74, 6) is 1.78. The summed E-state index contributed by atoms with van der Waals surface area (Å²) in [6.07, 6.45) is 6.11. The van der Waals surface area contributed by atoms with Crippen LogP contribution in [0.4, 0.5) is 9.59 Å². The van der Waals surface area contributed by atoms with Crippen molar-refractivity contribution in [3.63, 3.8) is 0 Å². The number of para-hydroxylation sites is 2. The number of phenolic OH excluding ortho intramolecular Hbond substituents is 1. The zero-order chi connectivity index (χ0) is 35.4. The van der Waals surface area contributed by atoms with Crippen molar-refractivity contribution in [1.82, 2.24) is 9.80 Å². The van der Waals surface area contributed by atoms with E-state index >= 15 is 0 Å². The van der Waals surface area contributed by atoms with E-state index < -0.39 is 11.2 Å². The first kappa shape index (κ1) is 40.7. The number of phenols is 1. The zero-order valence-corrected chi connectivity index (χ0v) is 30.1. The lowest BCUT2D eigenvalue weighted by Gasteiger charge is -2.34. The molecule has 2 amide bonds. The minimum Gasteiger partial charge on any atom is -0.508 e. The molecule has 10 nitrogen and oxygen atoms in total. The molecule has 10 heteroatoms. The van der Waals surface area contributed by atoms with E-state index in [9.17, 15) is 9.59 Å². The number of carbonyl (C=O) groups excluding carboxylic acids is 2. The van der Waals surface area contributed by atoms with Gasteiger partial charge in [0.05, 0.1) is 6.61 Å². The first-order valence-corrected chi connectivity index (χ1v) is 17.3. The smallest absolute Gasteiger partial charge is 0.410 e. The molecule has 3 aliphatic heterocycles. The van der Waals surface area contributed by atoms with E-state index in [1.807, 2.05) is 77.9 Å². The van der Waals surface area contributed by atoms with Crippen LogP contribution in [0, 0.1) is 11.8 Å². The molecule has 3 fully saturated rings. The number of benzene rings is 2. The number of nitrogens with zero attached hydrogens (tertiary/aromatic N) is 2. The van der Waals surface area contributed by atoms with Crippen molar-refractivity contribution in [3.05, 3.63) is 60.7 Å². The number of rotatable bonds is 4. The van der Waals surface area contributed by atoms with Gasteiger partial charge in [0.2, 0.25) is 0 Å². The van der Waals surface area contributed by atoms with Crippen molar-refractivity contribution in [2.24, 2.45) is 11.8 Å². The van der Waals surface area contributed by atoms with Crippen LogP contribution in [0.3, 0.4) is 0 Å². The maximum Gasteiger partial charge on any atom is 0.410 e. The summed E-state index contributed by atoms with van der Waals surface area (Å²) in [5.41, 5.74) is -0.881. The highest BCUT2D eigenvalue weighted by Gasteiger charge is 2.28. The summed E-state index contributed by atoms with van der Waals surface area (Å²) in [6, 6.07) is 18.5. The number of likely N-dealkylation sites (tertiary alicyclic amines) is 2. The second-order valence-electron chi connectivity index (χ2n) is 14.3. The normalized spacial score (nSPS) is 19.2. The molecular weight excluding hydrogens is 612 g/mol. The molecule has 48 heavy (non-hydrogen) atoms. The lowest BCUT2D eigenvalue weighted by atomic mass is 9.99. The third-order valence-electron chi connectivity index (χ3n) is 7.41. The Labute approximate surface area is 288 Å². The highest BCUT2D eigenvalue weighted by Crippen LogP contribution is 2.21. The molecule has 2 aromatic carbocycles. The molecule has 2 unspecified atom stereocenters. The van der Waals surface area contributed by atoms with Gasteiger partial charge in [-0.3, -0.25) is 0 Å². The number of amides is 2. The summed E-state index contributed by atoms with van der Waals surface area (Å²) in [6.45, 7) is 16.9. The highest BCUT2D eigenvalue weighted by atomic mass is 16.6. The quantitative estimate of drug-likeness (QED) is 0.342. The maximum absolute atomic E-state index is 12.1. The molecule has 270 valence electrons. The Kier molecular flexibility index (Phi) is 18.2. The Morgan fingerprint density at radius 3 is 1.58 bits per heavy atom. The van der Waals surface area contributed by atoms with Gasteiger partial charge in [-0.1, -0.05) is 36.4 Å². The zero-order valence-electron chi connectivity index (χ0n) is 30.1. The summed E-state index contributed by atoms with van der Waals surface area (Å²) in [5, 5.41) is 17.7. The third kappa shape index (κ3) is 18.7. The van der Waals surface area contributed by atoms with Crippen LogP contribution in [0.5, 0.6) is 11.5 Å². The molecule has 2 aromatic rings. The number of ether oxygens (including phenoxy) is 4. The number of aliphatic hydroxyl groups excluding tert-OH is 1. The van der Waals surface area contributed by atoms with Crippen LogP contribution in [-0.2, 0) is 14.2 Å². The van der Waals surface area contributed by atoms with Crippen LogP contribution in [0.1, 0.15) is 80.1 Å². The Morgan fingerprint density at radius 1 is 0.729 bits per heavy atom. The van der Waals surface area contributed by atoms with E-state index in [1.54, 1.807) is 34.1 Å². The topological polar surface area (TPSA) is 118 Å². The third-order valence-corrected chi connectivity index (χ3v) is 7.41. The lowest BCUT2D eigenvalue weighted by Crippen LogP contribution is -2.44. The average Bonchev–Trinajstić information content (AvgIpc) is 3.65. The van der Waals surface area contributed by atoms with Crippen molar-refractivity contribution < 1.29 is 38.7 Å². The van der Waals surface area contributed by atoms with Gasteiger partial charge in [-0.05, 0) is 110 Å². The molecule has 2 N–H and O–H groups in total. The van der Waals surface area contributed by atoms with Gasteiger partial charge in [0.15, 0.2) is 0 Å². The molecule has 0 bridgehead atoms. The Morgan fingerprint density at radius 2 is 1.19 bits per heavy atom. The van der Waals surface area contributed by atoms with E-state index in [0.717, 1.165) is 57.7 Å². The lowest BCUT2D eigenvalue weighted by molar-refractivity contribution is 0.0125. The molecule has 3 aliphatic rings. The van der Waals surface area contributed by atoms with Crippen LogP contribution in [0.25, 0.3) is 0 Å². The largest absolute Gasteiger partial charge is 0.508 e. The summed E-state index contributed by atoms with van der Waals surface area (Å²) in [4.78, 5) is 27.3. The molecule has 3 heterocycles. The van der Waals surface area contributed by atoms with Crippen LogP contribution >= 0.6 is 0 Å². The van der Waals surface area contributed by atoms with Crippen molar-refractivity contribution in [2.45, 2.75) is 91.3 Å². The maximum atomic E-state index is 12.1.